The van der Waals surface area contributed by atoms with Crippen LogP contribution >= 0.6 is 50.5 Å². The Morgan fingerprint density at radius 3 is 2.71 bits per heavy atom. The van der Waals surface area contributed by atoms with Crippen molar-refractivity contribution in [1.82, 2.24) is 14.8 Å². The van der Waals surface area contributed by atoms with Crippen LogP contribution in [0.15, 0.2) is 35.1 Å². The summed E-state index contributed by atoms with van der Waals surface area (Å²) in [6, 6.07) is 5.33. The molecule has 0 saturated heterocycles. The lowest BCUT2D eigenvalue weighted by Gasteiger charge is -1.99. The molecule has 0 aliphatic heterocycles. The number of aldehydes is 1. The summed E-state index contributed by atoms with van der Waals surface area (Å²) in [6.07, 6.45) is 4.01. The highest BCUT2D eigenvalue weighted by molar-refractivity contribution is 9.10. The molecule has 0 fully saturated rings. The third kappa shape index (κ3) is 2.89. The number of hydrogen-bond acceptors (Lipinski definition) is 4. The monoisotopic (exact) mass is 401 g/mol. The predicted molar refractivity (Wildman–Crippen MR) is 87.8 cm³/mol. The van der Waals surface area contributed by atoms with E-state index in [1.165, 1.54) is 16.0 Å². The molecular weight excluding hydrogens is 397 g/mol. The minimum atomic E-state index is 0.427. The van der Waals surface area contributed by atoms with Crippen LogP contribution in [0.25, 0.3) is 17.1 Å². The molecule has 0 saturated carbocycles. The fourth-order valence-corrected chi connectivity index (χ4v) is 3.51. The van der Waals surface area contributed by atoms with Crippen LogP contribution in [-0.2, 0) is 0 Å². The van der Waals surface area contributed by atoms with Gasteiger partial charge in [0.15, 0.2) is 12.1 Å². The topological polar surface area (TPSA) is 47.8 Å². The van der Waals surface area contributed by atoms with E-state index in [9.17, 15) is 4.79 Å². The van der Waals surface area contributed by atoms with E-state index in [2.05, 4.69) is 26.0 Å². The number of carbonyl (C=O) groups excluding carboxylic acids is 1. The van der Waals surface area contributed by atoms with Gasteiger partial charge in [-0.15, -0.1) is 11.3 Å². The van der Waals surface area contributed by atoms with Crippen molar-refractivity contribution >= 4 is 56.8 Å². The summed E-state index contributed by atoms with van der Waals surface area (Å²) in [5.41, 5.74) is 1.56. The molecule has 4 nitrogen and oxygen atoms in total. The maximum Gasteiger partial charge on any atom is 0.153 e. The molecule has 0 spiro atoms. The second-order valence-corrected chi connectivity index (χ2v) is 7.27. The minimum absolute atomic E-state index is 0.427. The summed E-state index contributed by atoms with van der Waals surface area (Å²) >= 11 is 16.6. The number of hydrogen-bond donors (Lipinski definition) is 0. The van der Waals surface area contributed by atoms with Crippen molar-refractivity contribution in [3.05, 3.63) is 49.3 Å². The smallest absolute Gasteiger partial charge is 0.153 e. The third-order valence-corrected chi connectivity index (χ3v) is 4.68. The Labute approximate surface area is 142 Å². The lowest BCUT2D eigenvalue weighted by atomic mass is 10.2. The Kier molecular flexibility index (Phi) is 4.12. The lowest BCUT2D eigenvalue weighted by Crippen LogP contribution is -1.97. The van der Waals surface area contributed by atoms with E-state index in [4.69, 9.17) is 23.2 Å². The normalized spacial score (nSPS) is 10.8. The van der Waals surface area contributed by atoms with Crippen LogP contribution in [0.4, 0.5) is 0 Å². The molecule has 0 radical (unpaired) electrons. The summed E-state index contributed by atoms with van der Waals surface area (Å²) < 4.78 is 3.44. The number of carbonyl (C=O) groups is 1. The highest BCUT2D eigenvalue weighted by atomic mass is 79.9. The lowest BCUT2D eigenvalue weighted by molar-refractivity contribution is 0.112. The molecule has 0 N–H and O–H groups in total. The van der Waals surface area contributed by atoms with E-state index in [0.717, 1.165) is 10.8 Å². The molecular formula is C13H6BrCl2N3OS. The number of halogens is 3. The fourth-order valence-electron chi connectivity index (χ4n) is 1.81. The van der Waals surface area contributed by atoms with Gasteiger partial charge < -0.3 is 0 Å². The maximum atomic E-state index is 11.3. The van der Waals surface area contributed by atoms with E-state index >= 15 is 0 Å². The average Bonchev–Trinajstić information content (AvgIpc) is 3.02. The van der Waals surface area contributed by atoms with Gasteiger partial charge in [-0.2, -0.15) is 5.10 Å². The zero-order valence-electron chi connectivity index (χ0n) is 10.3. The van der Waals surface area contributed by atoms with Crippen LogP contribution in [-0.4, -0.2) is 21.1 Å². The average molecular weight is 403 g/mol. The number of thiophene rings is 1. The van der Waals surface area contributed by atoms with Gasteiger partial charge in [0.25, 0.3) is 0 Å². The molecule has 0 amide bonds. The number of nitrogens with zero attached hydrogens (tertiary/aromatic N) is 3. The van der Waals surface area contributed by atoms with Crippen molar-refractivity contribution in [3.8, 4) is 17.1 Å². The molecule has 3 heterocycles. The highest BCUT2D eigenvalue weighted by Gasteiger charge is 2.17. The second kappa shape index (κ2) is 5.88. The van der Waals surface area contributed by atoms with Crippen molar-refractivity contribution in [1.29, 1.82) is 0 Å². The van der Waals surface area contributed by atoms with Gasteiger partial charge in [-0.25, -0.2) is 9.67 Å². The van der Waals surface area contributed by atoms with Crippen LogP contribution < -0.4 is 0 Å². The standard InChI is InChI=1S/C13H6BrCl2N3OS/c14-8-1-2-11(17-4-8)19-5-7(6-20)12(18-19)9-3-10(15)21-13(9)16/h1-6H. The van der Waals surface area contributed by atoms with Gasteiger partial charge >= 0.3 is 0 Å². The summed E-state index contributed by atoms with van der Waals surface area (Å²) in [5.74, 6) is 0.602. The minimum Gasteiger partial charge on any atom is -0.298 e. The Balaban J connectivity index is 2.12. The van der Waals surface area contributed by atoms with Crippen molar-refractivity contribution in [2.75, 3.05) is 0 Å². The summed E-state index contributed by atoms with van der Waals surface area (Å²) in [7, 11) is 0. The van der Waals surface area contributed by atoms with Gasteiger partial charge in [0, 0.05) is 22.4 Å². The van der Waals surface area contributed by atoms with Crippen LogP contribution in [0.5, 0.6) is 0 Å². The predicted octanol–water partition coefficient (Wildman–Crippen LogP) is 4.88. The van der Waals surface area contributed by atoms with E-state index in [1.807, 2.05) is 6.07 Å². The molecule has 8 heteroatoms. The van der Waals surface area contributed by atoms with E-state index < -0.39 is 0 Å². The molecule has 0 unspecified atom stereocenters. The van der Waals surface area contributed by atoms with Gasteiger partial charge in [-0.05, 0) is 34.1 Å². The third-order valence-electron chi connectivity index (χ3n) is 2.73. The molecule has 0 bridgehead atoms. The molecule has 0 aliphatic rings. The molecule has 0 atom stereocenters. The Morgan fingerprint density at radius 1 is 1.33 bits per heavy atom. The van der Waals surface area contributed by atoms with E-state index in [-0.39, 0.29) is 0 Å². The van der Waals surface area contributed by atoms with E-state index in [0.29, 0.717) is 31.3 Å². The largest absolute Gasteiger partial charge is 0.298 e. The van der Waals surface area contributed by atoms with Crippen molar-refractivity contribution in [3.63, 3.8) is 0 Å². The summed E-state index contributed by atoms with van der Waals surface area (Å²) in [6.45, 7) is 0. The molecule has 106 valence electrons. The Bertz CT molecular complexity index is 813. The molecule has 3 aromatic heterocycles. The van der Waals surface area contributed by atoms with Crippen molar-refractivity contribution in [2.24, 2.45) is 0 Å². The van der Waals surface area contributed by atoms with Gasteiger partial charge in [-0.3, -0.25) is 4.79 Å². The number of pyridine rings is 1. The summed E-state index contributed by atoms with van der Waals surface area (Å²) in [5, 5.41) is 4.40. The van der Waals surface area contributed by atoms with E-state index in [1.54, 1.807) is 24.5 Å². The zero-order valence-corrected chi connectivity index (χ0v) is 14.2. The second-order valence-electron chi connectivity index (χ2n) is 4.07. The number of rotatable bonds is 3. The first-order valence-electron chi connectivity index (χ1n) is 5.70. The van der Waals surface area contributed by atoms with Gasteiger partial charge in [0.1, 0.15) is 10.0 Å². The van der Waals surface area contributed by atoms with Crippen molar-refractivity contribution < 1.29 is 4.79 Å². The van der Waals surface area contributed by atoms with Crippen LogP contribution in [0.3, 0.4) is 0 Å². The first-order valence-corrected chi connectivity index (χ1v) is 8.07. The van der Waals surface area contributed by atoms with Gasteiger partial charge in [0.2, 0.25) is 0 Å². The molecule has 3 aromatic rings. The van der Waals surface area contributed by atoms with Crippen LogP contribution in [0, 0.1) is 0 Å². The molecule has 0 aromatic carbocycles. The molecule has 21 heavy (non-hydrogen) atoms. The zero-order chi connectivity index (χ0) is 15.0. The molecule has 0 aliphatic carbocycles. The Morgan fingerprint density at radius 2 is 2.14 bits per heavy atom. The maximum absolute atomic E-state index is 11.3. The molecule has 3 rings (SSSR count). The SMILES string of the molecule is O=Cc1cn(-c2ccc(Br)cn2)nc1-c1cc(Cl)sc1Cl. The van der Waals surface area contributed by atoms with Crippen LogP contribution in [0.2, 0.25) is 8.67 Å². The van der Waals surface area contributed by atoms with Gasteiger partial charge in [-0.1, -0.05) is 23.2 Å². The van der Waals surface area contributed by atoms with Crippen LogP contribution in [0.1, 0.15) is 10.4 Å². The first kappa shape index (κ1) is 14.7. The number of aromatic nitrogens is 3. The first-order chi connectivity index (χ1) is 10.1. The Hall–Kier alpha value is -1.21. The fraction of sp³-hybridized carbons (Fsp3) is 0. The van der Waals surface area contributed by atoms with Crippen molar-refractivity contribution in [2.45, 2.75) is 0 Å². The quantitative estimate of drug-likeness (QED) is 0.586. The van der Waals surface area contributed by atoms with Gasteiger partial charge in [0.05, 0.1) is 9.90 Å². The highest BCUT2D eigenvalue weighted by Crippen LogP contribution is 2.38. The summed E-state index contributed by atoms with van der Waals surface area (Å²) in [4.78, 5) is 15.5.